The lowest BCUT2D eigenvalue weighted by molar-refractivity contribution is -0.144. The van der Waals surface area contributed by atoms with Gasteiger partial charge in [-0.1, -0.05) is 30.3 Å². The van der Waals surface area contributed by atoms with Crippen LogP contribution in [0.25, 0.3) is 0 Å². The van der Waals surface area contributed by atoms with Gasteiger partial charge < -0.3 is 14.2 Å². The Bertz CT molecular complexity index is 1200. The van der Waals surface area contributed by atoms with Crippen molar-refractivity contribution < 1.29 is 18.4 Å². The molecule has 2 aliphatic rings. The van der Waals surface area contributed by atoms with Crippen LogP contribution >= 0.6 is 0 Å². The second-order valence-electron chi connectivity index (χ2n) is 9.02. The molecule has 0 saturated carbocycles. The van der Waals surface area contributed by atoms with Crippen molar-refractivity contribution >= 4 is 17.4 Å². The number of nitrogens with zero attached hydrogens (tertiary/aromatic N) is 3. The van der Waals surface area contributed by atoms with Gasteiger partial charge in [-0.05, 0) is 48.9 Å². The van der Waals surface area contributed by atoms with Crippen LogP contribution < -0.4 is 4.90 Å². The van der Waals surface area contributed by atoms with Crippen LogP contribution in [0, 0.1) is 11.7 Å². The zero-order chi connectivity index (χ0) is 24.4. The molecule has 1 fully saturated rings. The zero-order valence-electron chi connectivity index (χ0n) is 19.6. The summed E-state index contributed by atoms with van der Waals surface area (Å²) in [5.41, 5.74) is 2.54. The fourth-order valence-electron chi connectivity index (χ4n) is 5.06. The van der Waals surface area contributed by atoms with E-state index in [1.54, 1.807) is 42.4 Å². The summed E-state index contributed by atoms with van der Waals surface area (Å²) < 4.78 is 18.8. The molecule has 35 heavy (non-hydrogen) atoms. The molecule has 2 atom stereocenters. The molecule has 6 nitrogen and oxygen atoms in total. The lowest BCUT2D eigenvalue weighted by Crippen LogP contribution is -2.53. The van der Waals surface area contributed by atoms with Crippen molar-refractivity contribution in [3.63, 3.8) is 0 Å². The molecule has 3 heterocycles. The molecule has 1 aromatic heterocycles. The summed E-state index contributed by atoms with van der Waals surface area (Å²) in [5.74, 6) is -0.802. The molecule has 2 aliphatic heterocycles. The van der Waals surface area contributed by atoms with Gasteiger partial charge in [-0.15, -0.1) is 0 Å². The van der Waals surface area contributed by atoms with Crippen LogP contribution in [-0.2, 0) is 16.1 Å². The average molecular weight is 474 g/mol. The molecule has 0 radical (unpaired) electrons. The van der Waals surface area contributed by atoms with Crippen molar-refractivity contribution in [3.8, 4) is 0 Å². The van der Waals surface area contributed by atoms with E-state index in [4.69, 9.17) is 4.42 Å². The molecule has 2 unspecified atom stereocenters. The third kappa shape index (κ3) is 4.77. The SMILES string of the molecule is CC1=CC(=O)C(C(c2ccccc2)N2CCN(c3ccc(F)cc3)CC2)C(=O)N1Cc1ccco1. The maximum Gasteiger partial charge on any atom is 0.240 e. The van der Waals surface area contributed by atoms with E-state index in [0.29, 0.717) is 24.5 Å². The van der Waals surface area contributed by atoms with Gasteiger partial charge in [0.05, 0.1) is 18.8 Å². The molecule has 180 valence electrons. The predicted octanol–water partition coefficient (Wildman–Crippen LogP) is 4.41. The molecule has 1 amide bonds. The van der Waals surface area contributed by atoms with Gasteiger partial charge in [0, 0.05) is 43.6 Å². The molecule has 0 spiro atoms. The van der Waals surface area contributed by atoms with Crippen molar-refractivity contribution in [3.05, 3.63) is 102 Å². The molecule has 3 aromatic rings. The van der Waals surface area contributed by atoms with Crippen LogP contribution in [0.15, 0.2) is 89.2 Å². The lowest BCUT2D eigenvalue weighted by atomic mass is 9.84. The number of benzene rings is 2. The minimum atomic E-state index is -0.839. The minimum absolute atomic E-state index is 0.169. The third-order valence-corrected chi connectivity index (χ3v) is 6.87. The number of anilines is 1. The van der Waals surface area contributed by atoms with Crippen LogP contribution in [0.3, 0.4) is 0 Å². The number of ketones is 1. The van der Waals surface area contributed by atoms with Crippen molar-refractivity contribution in [2.24, 2.45) is 5.92 Å². The minimum Gasteiger partial charge on any atom is -0.467 e. The topological polar surface area (TPSA) is 57.0 Å². The summed E-state index contributed by atoms with van der Waals surface area (Å²) in [6, 6.07) is 19.5. The number of hydrogen-bond donors (Lipinski definition) is 0. The standard InChI is InChI=1S/C28H28FN3O3/c1-20-18-25(33)26(28(34)32(20)19-24-8-5-17-35-24)27(21-6-3-2-4-7-21)31-15-13-30(14-16-31)23-11-9-22(29)10-12-23/h2-12,17-18,26-27H,13-16,19H2,1H3. The Morgan fingerprint density at radius 1 is 0.943 bits per heavy atom. The number of amides is 1. The van der Waals surface area contributed by atoms with Crippen molar-refractivity contribution in [2.75, 3.05) is 31.1 Å². The average Bonchev–Trinajstić information content (AvgIpc) is 3.39. The summed E-state index contributed by atoms with van der Waals surface area (Å²) >= 11 is 0. The van der Waals surface area contributed by atoms with Gasteiger partial charge in [0.2, 0.25) is 5.91 Å². The highest BCUT2D eigenvalue weighted by molar-refractivity contribution is 6.10. The Kier molecular flexibility index (Phi) is 6.51. The van der Waals surface area contributed by atoms with Gasteiger partial charge in [0.1, 0.15) is 17.5 Å². The molecule has 0 aliphatic carbocycles. The summed E-state index contributed by atoms with van der Waals surface area (Å²) in [6.45, 7) is 4.86. The van der Waals surface area contributed by atoms with Crippen LogP contribution in [-0.4, -0.2) is 47.7 Å². The molecule has 2 aromatic carbocycles. The molecule has 0 bridgehead atoms. The Balaban J connectivity index is 1.42. The molecule has 5 rings (SSSR count). The summed E-state index contributed by atoms with van der Waals surface area (Å²) in [6.07, 6.45) is 3.17. The van der Waals surface area contributed by atoms with E-state index in [2.05, 4.69) is 9.80 Å². The van der Waals surface area contributed by atoms with E-state index in [1.807, 2.05) is 36.4 Å². The van der Waals surface area contributed by atoms with Crippen LogP contribution in [0.2, 0.25) is 0 Å². The maximum absolute atomic E-state index is 13.8. The molecule has 1 saturated heterocycles. The highest BCUT2D eigenvalue weighted by Gasteiger charge is 2.44. The Morgan fingerprint density at radius 2 is 1.66 bits per heavy atom. The van der Waals surface area contributed by atoms with Gasteiger partial charge in [-0.25, -0.2) is 4.39 Å². The third-order valence-electron chi connectivity index (χ3n) is 6.87. The van der Waals surface area contributed by atoms with Gasteiger partial charge >= 0.3 is 0 Å². The number of halogens is 1. The molecular weight excluding hydrogens is 445 g/mol. The summed E-state index contributed by atoms with van der Waals surface area (Å²) in [7, 11) is 0. The molecule has 0 N–H and O–H groups in total. The predicted molar refractivity (Wildman–Crippen MR) is 131 cm³/mol. The van der Waals surface area contributed by atoms with Gasteiger partial charge in [-0.3, -0.25) is 14.5 Å². The zero-order valence-corrected chi connectivity index (χ0v) is 19.6. The van der Waals surface area contributed by atoms with Crippen molar-refractivity contribution in [2.45, 2.75) is 19.5 Å². The van der Waals surface area contributed by atoms with Crippen molar-refractivity contribution in [1.29, 1.82) is 0 Å². The highest BCUT2D eigenvalue weighted by Crippen LogP contribution is 2.36. The fraction of sp³-hybridized carbons (Fsp3) is 0.286. The Morgan fingerprint density at radius 3 is 2.31 bits per heavy atom. The Labute approximate surface area is 204 Å². The number of carbonyl (C=O) groups excluding carboxylic acids is 2. The van der Waals surface area contributed by atoms with E-state index in [0.717, 1.165) is 24.3 Å². The quantitative estimate of drug-likeness (QED) is 0.497. The van der Waals surface area contributed by atoms with Gasteiger partial charge in [0.25, 0.3) is 0 Å². The number of rotatable bonds is 6. The van der Waals surface area contributed by atoms with E-state index in [9.17, 15) is 14.0 Å². The summed E-state index contributed by atoms with van der Waals surface area (Å²) in [5, 5.41) is 0. The monoisotopic (exact) mass is 473 g/mol. The number of hydrogen-bond acceptors (Lipinski definition) is 5. The first-order valence-corrected chi connectivity index (χ1v) is 11.9. The smallest absolute Gasteiger partial charge is 0.240 e. The highest BCUT2D eigenvalue weighted by atomic mass is 19.1. The van der Waals surface area contributed by atoms with E-state index in [1.165, 1.54) is 12.1 Å². The maximum atomic E-state index is 13.8. The van der Waals surface area contributed by atoms with Crippen LogP contribution in [0.5, 0.6) is 0 Å². The normalized spacial score (nSPS) is 20.2. The van der Waals surface area contributed by atoms with Crippen LogP contribution in [0.1, 0.15) is 24.3 Å². The number of allylic oxidation sites excluding steroid dienone is 2. The molecular formula is C28H28FN3O3. The van der Waals surface area contributed by atoms with Crippen molar-refractivity contribution in [1.82, 2.24) is 9.80 Å². The first-order chi connectivity index (χ1) is 17.0. The largest absolute Gasteiger partial charge is 0.467 e. The lowest BCUT2D eigenvalue weighted by Gasteiger charge is -2.44. The van der Waals surface area contributed by atoms with Gasteiger partial charge in [0.15, 0.2) is 5.78 Å². The Hall–Kier alpha value is -3.71. The number of piperazine rings is 1. The molecule has 7 heteroatoms. The van der Waals surface area contributed by atoms with E-state index in [-0.39, 0.29) is 30.1 Å². The van der Waals surface area contributed by atoms with E-state index >= 15 is 0 Å². The first-order valence-electron chi connectivity index (χ1n) is 11.9. The van der Waals surface area contributed by atoms with Crippen LogP contribution in [0.4, 0.5) is 10.1 Å². The number of furan rings is 1. The second kappa shape index (κ2) is 9.88. The first kappa shape index (κ1) is 23.1. The second-order valence-corrected chi connectivity index (χ2v) is 9.02. The summed E-state index contributed by atoms with van der Waals surface area (Å²) in [4.78, 5) is 33.2. The fourth-order valence-corrected chi connectivity index (χ4v) is 5.06. The van der Waals surface area contributed by atoms with E-state index < -0.39 is 5.92 Å². The number of carbonyl (C=O) groups is 2. The van der Waals surface area contributed by atoms with Gasteiger partial charge in [-0.2, -0.15) is 0 Å².